The smallest absolute Gasteiger partial charge is 0.159 e. The fraction of sp³-hybridized carbons (Fsp3) is 0.291. The van der Waals surface area contributed by atoms with Gasteiger partial charge in [0.15, 0.2) is 17.3 Å². The monoisotopic (exact) mass is 2430 g/mol. The van der Waals surface area contributed by atoms with Crippen LogP contribution < -0.4 is 14.2 Å². The third kappa shape index (κ3) is 30.2. The van der Waals surface area contributed by atoms with Gasteiger partial charge in [0.1, 0.15) is 17.2 Å². The maximum atomic E-state index is 11.2. The summed E-state index contributed by atoms with van der Waals surface area (Å²) >= 11 is 0. The molecule has 0 spiro atoms. The van der Waals surface area contributed by atoms with Crippen molar-refractivity contribution in [1.29, 1.82) is 0 Å². The molecule has 12 nitrogen and oxygen atoms in total. The van der Waals surface area contributed by atoms with Gasteiger partial charge in [0.05, 0.1) is 51.1 Å². The van der Waals surface area contributed by atoms with Gasteiger partial charge in [0, 0.05) is 158 Å². The number of ether oxygens (including phenoxy) is 3. The predicted octanol–water partition coefficient (Wildman–Crippen LogP) is 34.7. The molecule has 0 unspecified atom stereocenters. The van der Waals surface area contributed by atoms with Gasteiger partial charge in [-0.1, -0.05) is 360 Å². The molecule has 15 aromatic rings. The number of hydrogen-bond donors (Lipinski definition) is 3. The Hall–Kier alpha value is -12.2. The molecule has 3 aliphatic heterocycles. The summed E-state index contributed by atoms with van der Waals surface area (Å²) in [6, 6.07) is 99.9. The number of hydrogen-bond acceptors (Lipinski definition) is 12. The number of rotatable bonds is 23. The Morgan fingerprint density at radius 3 is 1.06 bits per heavy atom. The van der Waals surface area contributed by atoms with E-state index in [0.717, 1.165) is 145 Å². The Bertz CT molecular complexity index is 7190. The van der Waals surface area contributed by atoms with Gasteiger partial charge >= 0.3 is 0 Å². The standard InChI is InChI=1S/C32H26NO.2C31H24NO.3C11H20O2.3Ir/c1-32(2,3)20-21-19-29(33-28-17-8-6-11-22(21)28)27-16-10-15-26-24-13-5-4-12-23(24)25-14-7-9-18-30(25)34-31(26)27;1-20(2)18-21-19-28(32-27-15-7-5-10-22(21)27)26-14-9-17-30-31(26)25-13-4-3-11-23(25)24-12-6-8-16-29(24)33-30;1-20(2)17-22-19-29(32-28-13-7-5-9-23(22)28)21-15-16-31-27(18-21)25-11-4-3-10-24(25)26-12-6-8-14-30(26)33-31;3*1-8(2)5-10(12)7-11(13)6-9(3)4;;;/h4-15,17-19H,20H2,1-3H3;3-13,15-17,19-20H,18H2,1-2H3;3-14,16,18-20H,17H2,1-2H3;3*7-9,12H,5-6H2,1-4H3;;;/q3*-1;;;;;;/i20D2;18D2;17D2;;;;;;. The van der Waals surface area contributed by atoms with Crippen LogP contribution in [0, 0.1) is 71.0 Å². The molecule has 0 atom stereocenters. The summed E-state index contributed by atoms with van der Waals surface area (Å²) in [5, 5.41) is 30.5. The van der Waals surface area contributed by atoms with E-state index < -0.39 is 24.5 Å². The first-order chi connectivity index (χ1) is 68.9. The molecule has 3 aliphatic rings. The average Bonchev–Trinajstić information content (AvgIpc) is 1.65. The SMILES string of the molecule is CC(C)CC(=O)C=C(O)CC(C)C.CC(C)CC(=O)C=C(O)CC(C)C.CC(C)CC(=O)C=C(O)CC(C)C.[2H]C([2H])(c1cc(-c2[c-]cc3c(c2)-c2ccccc2-c2ccccc2O3)nc2ccccc12)C(C)C.[2H]C([2H])(c1cc(-c2[c-]ccc3c2-c2ccccc2-c2ccccc2O3)nc2ccccc12)C(C)C.[2H]C([2H])(c1cc(-c2[c-]ccc3c2Oc2ccccc2-c2ccccc2-3)nc2ccccc12)C(C)(C)C.[Ir].[Ir].[Ir]. The van der Waals surface area contributed by atoms with Gasteiger partial charge in [-0.2, -0.15) is 0 Å². The first-order valence-corrected chi connectivity index (χ1v) is 48.6. The molecule has 0 bridgehead atoms. The van der Waals surface area contributed by atoms with Gasteiger partial charge in [-0.15, -0.1) is 59.7 Å². The largest absolute Gasteiger partial charge is 0.512 e. The maximum Gasteiger partial charge on any atom is 0.159 e. The van der Waals surface area contributed by atoms with E-state index in [1.54, 1.807) is 0 Å². The minimum absolute atomic E-state index is 0. The third-order valence-corrected chi connectivity index (χ3v) is 22.6. The molecule has 12 aromatic carbocycles. The molecule has 3 radical (unpaired) electrons. The maximum absolute atomic E-state index is 11.2. The van der Waals surface area contributed by atoms with Crippen LogP contribution in [0.3, 0.4) is 0 Å². The molecule has 741 valence electrons. The van der Waals surface area contributed by atoms with Gasteiger partial charge < -0.3 is 29.5 Å². The Balaban J connectivity index is 0.000000191. The van der Waals surface area contributed by atoms with E-state index in [-0.39, 0.29) is 107 Å². The van der Waals surface area contributed by atoms with Crippen molar-refractivity contribution in [1.82, 2.24) is 15.0 Å². The number of ketones is 3. The second kappa shape index (κ2) is 52.2. The molecule has 3 N–H and O–H groups in total. The Labute approximate surface area is 891 Å². The second-order valence-corrected chi connectivity index (χ2v) is 39.8. The molecular formula is C127H134Ir3N3O9-3. The molecule has 6 heterocycles. The van der Waals surface area contributed by atoms with Crippen LogP contribution in [0.25, 0.3) is 133 Å². The summed E-state index contributed by atoms with van der Waals surface area (Å²) in [6.45, 7) is 37.5. The Morgan fingerprint density at radius 2 is 0.641 bits per heavy atom. The van der Waals surface area contributed by atoms with Crippen LogP contribution in [-0.2, 0) is 93.8 Å². The summed E-state index contributed by atoms with van der Waals surface area (Å²) < 4.78 is 73.0. The predicted molar refractivity (Wildman–Crippen MR) is 575 cm³/mol. The molecule has 3 aromatic heterocycles. The van der Waals surface area contributed by atoms with E-state index in [1.165, 1.54) is 18.2 Å². The van der Waals surface area contributed by atoms with Gasteiger partial charge in [0.2, 0.25) is 0 Å². The van der Waals surface area contributed by atoms with Crippen molar-refractivity contribution in [2.24, 2.45) is 52.8 Å². The van der Waals surface area contributed by atoms with Crippen molar-refractivity contribution in [3.8, 4) is 135 Å². The number of carbonyl (C=O) groups is 3. The number of aliphatic hydroxyl groups excluding tert-OH is 3. The van der Waals surface area contributed by atoms with Gasteiger partial charge in [0.25, 0.3) is 0 Å². The molecule has 0 saturated carbocycles. The molecule has 0 saturated heterocycles. The average molecular weight is 2430 g/mol. The summed E-state index contributed by atoms with van der Waals surface area (Å²) in [5.41, 5.74) is 20.4. The molecule has 0 aliphatic carbocycles. The molecule has 142 heavy (non-hydrogen) atoms. The first-order valence-electron chi connectivity index (χ1n) is 51.6. The number of aliphatic hydroxyl groups is 3. The van der Waals surface area contributed by atoms with Crippen molar-refractivity contribution in [3.05, 3.63) is 343 Å². The van der Waals surface area contributed by atoms with Crippen molar-refractivity contribution in [2.75, 3.05) is 0 Å². The van der Waals surface area contributed by atoms with Gasteiger partial charge in [-0.05, 0) is 175 Å². The zero-order valence-corrected chi connectivity index (χ0v) is 91.9. The van der Waals surface area contributed by atoms with Gasteiger partial charge in [-0.25, -0.2) is 0 Å². The van der Waals surface area contributed by atoms with Crippen LogP contribution in [0.5, 0.6) is 34.5 Å². The summed E-state index contributed by atoms with van der Waals surface area (Å²) in [7, 11) is 0. The van der Waals surface area contributed by atoms with Crippen LogP contribution in [0.4, 0.5) is 0 Å². The zero-order valence-electron chi connectivity index (χ0n) is 90.7. The molecular weight excluding hydrogens is 2290 g/mol. The van der Waals surface area contributed by atoms with E-state index in [0.29, 0.717) is 114 Å². The first kappa shape index (κ1) is 103. The van der Waals surface area contributed by atoms with E-state index in [4.69, 9.17) is 37.4 Å². The van der Waals surface area contributed by atoms with E-state index >= 15 is 0 Å². The van der Waals surface area contributed by atoms with Crippen molar-refractivity contribution < 1.29 is 112 Å². The fourth-order valence-corrected chi connectivity index (χ4v) is 17.1. The summed E-state index contributed by atoms with van der Waals surface area (Å²) in [5.74, 6) is 7.11. The Morgan fingerprint density at radius 1 is 0.324 bits per heavy atom. The van der Waals surface area contributed by atoms with E-state index in [1.807, 2.05) is 344 Å². The molecule has 15 heteroatoms. The van der Waals surface area contributed by atoms with Crippen LogP contribution in [0.15, 0.2) is 308 Å². The van der Waals surface area contributed by atoms with Crippen LogP contribution in [0.2, 0.25) is 0 Å². The number of benzene rings is 12. The van der Waals surface area contributed by atoms with Crippen molar-refractivity contribution in [2.45, 2.75) is 189 Å². The molecule has 18 rings (SSSR count). The molecule has 0 fully saturated rings. The number of para-hydroxylation sites is 6. The quantitative estimate of drug-likeness (QED) is 0.0314. The topological polar surface area (TPSA) is 178 Å². The van der Waals surface area contributed by atoms with Crippen LogP contribution in [-0.4, -0.2) is 47.6 Å². The third-order valence-electron chi connectivity index (χ3n) is 22.6. The number of aromatic nitrogens is 3. The van der Waals surface area contributed by atoms with Crippen LogP contribution >= 0.6 is 0 Å². The van der Waals surface area contributed by atoms with E-state index in [9.17, 15) is 29.7 Å². The Kier molecular flexibility index (Phi) is 37.8. The van der Waals surface area contributed by atoms with E-state index in [2.05, 4.69) is 78.9 Å². The van der Waals surface area contributed by atoms with Crippen molar-refractivity contribution in [3.63, 3.8) is 0 Å². The second-order valence-electron chi connectivity index (χ2n) is 39.8. The number of allylic oxidation sites excluding steroid dienone is 6. The van der Waals surface area contributed by atoms with Crippen molar-refractivity contribution >= 4 is 50.1 Å². The minimum Gasteiger partial charge on any atom is -0.512 e. The normalized spacial score (nSPS) is 12.9. The number of carbonyl (C=O) groups excluding carboxylic acids is 3. The fourth-order valence-electron chi connectivity index (χ4n) is 17.1. The summed E-state index contributed by atoms with van der Waals surface area (Å²) in [6.07, 6.45) is 2.79. The summed E-state index contributed by atoms with van der Waals surface area (Å²) in [4.78, 5) is 48.5. The molecule has 0 amide bonds. The van der Waals surface area contributed by atoms with Gasteiger partial charge in [-0.3, -0.25) is 29.3 Å². The number of pyridine rings is 3. The van der Waals surface area contributed by atoms with Crippen LogP contribution in [0.1, 0.15) is 195 Å². The number of fused-ring (bicyclic) bond motifs is 18. The zero-order chi connectivity index (χ0) is 105. The number of nitrogens with zero attached hydrogens (tertiary/aromatic N) is 3. The minimum atomic E-state index is -1.59.